The van der Waals surface area contributed by atoms with Crippen molar-refractivity contribution in [3.63, 3.8) is 0 Å². The highest BCUT2D eigenvalue weighted by atomic mass is 19.1. The van der Waals surface area contributed by atoms with Crippen molar-refractivity contribution in [1.82, 2.24) is 0 Å². The molecule has 116 valence electrons. The lowest BCUT2D eigenvalue weighted by Crippen LogP contribution is -2.13. The van der Waals surface area contributed by atoms with E-state index in [2.05, 4.69) is 0 Å². The number of rotatable bonds is 5. The van der Waals surface area contributed by atoms with Crippen LogP contribution in [0.25, 0.3) is 0 Å². The summed E-state index contributed by atoms with van der Waals surface area (Å²) in [4.78, 5) is 12.2. The molecular weight excluding hydrogens is 294 g/mol. The molecule has 1 unspecified atom stereocenters. The zero-order valence-electron chi connectivity index (χ0n) is 12.0. The minimum atomic E-state index is -1.60. The standard InChI is InChI=1S/C16H14F2O4/c1-21-13-5-3-9(7-11(13)17)15(19)16(20)10-4-6-14(22-2)12(18)8-10/h3-8,15,19H,1-2H3. The van der Waals surface area contributed by atoms with Crippen LogP contribution in [0.3, 0.4) is 0 Å². The van der Waals surface area contributed by atoms with Gasteiger partial charge in [0, 0.05) is 5.56 Å². The number of ketones is 1. The predicted molar refractivity (Wildman–Crippen MR) is 75.2 cm³/mol. The van der Waals surface area contributed by atoms with Crippen LogP contribution in [0.15, 0.2) is 36.4 Å². The van der Waals surface area contributed by atoms with Gasteiger partial charge < -0.3 is 14.6 Å². The molecule has 0 saturated heterocycles. The Morgan fingerprint density at radius 1 is 1.00 bits per heavy atom. The van der Waals surface area contributed by atoms with Crippen molar-refractivity contribution in [1.29, 1.82) is 0 Å². The van der Waals surface area contributed by atoms with Crippen LogP contribution in [0.1, 0.15) is 22.0 Å². The van der Waals surface area contributed by atoms with Gasteiger partial charge in [-0.3, -0.25) is 4.79 Å². The molecular formula is C16H14F2O4. The van der Waals surface area contributed by atoms with Gasteiger partial charge in [0.1, 0.15) is 6.10 Å². The number of halogens is 2. The first kappa shape index (κ1) is 15.9. The number of ether oxygens (including phenoxy) is 2. The van der Waals surface area contributed by atoms with Gasteiger partial charge in [-0.05, 0) is 35.9 Å². The monoisotopic (exact) mass is 308 g/mol. The first-order valence-corrected chi connectivity index (χ1v) is 6.37. The van der Waals surface area contributed by atoms with Crippen LogP contribution < -0.4 is 9.47 Å². The van der Waals surface area contributed by atoms with Gasteiger partial charge in [-0.25, -0.2) is 8.78 Å². The molecule has 6 heteroatoms. The second kappa shape index (κ2) is 6.53. The molecule has 0 aromatic heterocycles. The minimum absolute atomic E-state index is 0.00103. The highest BCUT2D eigenvalue weighted by molar-refractivity contribution is 6.00. The maximum atomic E-state index is 13.6. The first-order valence-electron chi connectivity index (χ1n) is 6.37. The van der Waals surface area contributed by atoms with E-state index in [1.807, 2.05) is 0 Å². The van der Waals surface area contributed by atoms with E-state index in [0.29, 0.717) is 0 Å². The Balaban J connectivity index is 2.28. The Hall–Kier alpha value is -2.47. The molecule has 22 heavy (non-hydrogen) atoms. The van der Waals surface area contributed by atoms with Crippen molar-refractivity contribution in [3.05, 3.63) is 59.2 Å². The summed E-state index contributed by atoms with van der Waals surface area (Å²) in [6.45, 7) is 0. The molecule has 0 aliphatic carbocycles. The highest BCUT2D eigenvalue weighted by Crippen LogP contribution is 2.26. The molecule has 0 spiro atoms. The molecule has 0 aliphatic rings. The fourth-order valence-electron chi connectivity index (χ4n) is 1.98. The van der Waals surface area contributed by atoms with Gasteiger partial charge in [0.15, 0.2) is 28.9 Å². The lowest BCUT2D eigenvalue weighted by atomic mass is 9.99. The third-order valence-corrected chi connectivity index (χ3v) is 3.18. The summed E-state index contributed by atoms with van der Waals surface area (Å²) in [7, 11) is 2.61. The third-order valence-electron chi connectivity index (χ3n) is 3.18. The second-order valence-corrected chi connectivity index (χ2v) is 4.51. The number of carbonyl (C=O) groups excluding carboxylic acids is 1. The summed E-state index contributed by atoms with van der Waals surface area (Å²) in [5, 5.41) is 10.0. The largest absolute Gasteiger partial charge is 0.494 e. The quantitative estimate of drug-likeness (QED) is 0.863. The van der Waals surface area contributed by atoms with Gasteiger partial charge in [-0.1, -0.05) is 6.07 Å². The first-order chi connectivity index (χ1) is 10.5. The number of aliphatic hydroxyl groups is 1. The van der Waals surface area contributed by atoms with Gasteiger partial charge in [0.2, 0.25) is 0 Å². The Labute approximate surface area is 125 Å². The van der Waals surface area contributed by atoms with E-state index >= 15 is 0 Å². The normalized spacial score (nSPS) is 11.9. The molecule has 0 radical (unpaired) electrons. The molecule has 0 amide bonds. The van der Waals surface area contributed by atoms with Crippen molar-refractivity contribution < 1.29 is 28.2 Å². The summed E-state index contributed by atoms with van der Waals surface area (Å²) in [5.41, 5.74) is 0.0153. The van der Waals surface area contributed by atoms with Crippen LogP contribution >= 0.6 is 0 Å². The fraction of sp³-hybridized carbons (Fsp3) is 0.188. The minimum Gasteiger partial charge on any atom is -0.494 e. The number of hydrogen-bond acceptors (Lipinski definition) is 4. The van der Waals surface area contributed by atoms with Gasteiger partial charge in [-0.15, -0.1) is 0 Å². The molecule has 0 bridgehead atoms. The molecule has 0 fully saturated rings. The van der Waals surface area contributed by atoms with Crippen molar-refractivity contribution in [2.45, 2.75) is 6.10 Å². The zero-order chi connectivity index (χ0) is 16.3. The Morgan fingerprint density at radius 2 is 1.55 bits per heavy atom. The van der Waals surface area contributed by atoms with Gasteiger partial charge in [-0.2, -0.15) is 0 Å². The maximum Gasteiger partial charge on any atom is 0.195 e. The molecule has 0 saturated carbocycles. The average molecular weight is 308 g/mol. The summed E-state index contributed by atoms with van der Waals surface area (Å²) in [5.74, 6) is -2.18. The Kier molecular flexibility index (Phi) is 4.72. The van der Waals surface area contributed by atoms with E-state index in [-0.39, 0.29) is 22.6 Å². The summed E-state index contributed by atoms with van der Waals surface area (Å²) >= 11 is 0. The summed E-state index contributed by atoms with van der Waals surface area (Å²) in [6, 6.07) is 7.24. The number of carbonyl (C=O) groups is 1. The van der Waals surface area contributed by atoms with Crippen LogP contribution in [0.2, 0.25) is 0 Å². The Bertz CT molecular complexity index is 701. The van der Waals surface area contributed by atoms with Crippen molar-refractivity contribution in [2.24, 2.45) is 0 Å². The number of methoxy groups -OCH3 is 2. The topological polar surface area (TPSA) is 55.8 Å². The number of benzene rings is 2. The number of Topliss-reactive ketones (excluding diaryl/α,β-unsaturated/α-hetero) is 1. The lowest BCUT2D eigenvalue weighted by Gasteiger charge is -2.12. The number of hydrogen-bond donors (Lipinski definition) is 1. The highest BCUT2D eigenvalue weighted by Gasteiger charge is 2.21. The van der Waals surface area contributed by atoms with E-state index in [1.165, 1.54) is 38.5 Å². The molecule has 0 aliphatic heterocycles. The summed E-state index contributed by atoms with van der Waals surface area (Å²) in [6.07, 6.45) is -1.60. The van der Waals surface area contributed by atoms with E-state index in [4.69, 9.17) is 9.47 Å². The molecule has 4 nitrogen and oxygen atoms in total. The van der Waals surface area contributed by atoms with E-state index in [0.717, 1.165) is 12.1 Å². The van der Waals surface area contributed by atoms with Crippen LogP contribution in [0, 0.1) is 11.6 Å². The van der Waals surface area contributed by atoms with Crippen molar-refractivity contribution in [3.8, 4) is 11.5 Å². The molecule has 2 rings (SSSR count). The zero-order valence-corrected chi connectivity index (χ0v) is 12.0. The van der Waals surface area contributed by atoms with Gasteiger partial charge in [0.25, 0.3) is 0 Å². The van der Waals surface area contributed by atoms with E-state index in [1.54, 1.807) is 0 Å². The van der Waals surface area contributed by atoms with Gasteiger partial charge in [0.05, 0.1) is 14.2 Å². The summed E-state index contributed by atoms with van der Waals surface area (Å²) < 4.78 is 36.7. The van der Waals surface area contributed by atoms with Crippen LogP contribution in [0.5, 0.6) is 11.5 Å². The van der Waals surface area contributed by atoms with Crippen molar-refractivity contribution >= 4 is 5.78 Å². The smallest absolute Gasteiger partial charge is 0.195 e. The SMILES string of the molecule is COc1ccc(C(=O)C(O)c2ccc(OC)c(F)c2)cc1F. The van der Waals surface area contributed by atoms with Crippen LogP contribution in [0.4, 0.5) is 8.78 Å². The molecule has 2 aromatic carbocycles. The van der Waals surface area contributed by atoms with E-state index < -0.39 is 23.5 Å². The maximum absolute atomic E-state index is 13.6. The van der Waals surface area contributed by atoms with Gasteiger partial charge >= 0.3 is 0 Å². The predicted octanol–water partition coefficient (Wildman–Crippen LogP) is 2.90. The molecule has 0 heterocycles. The fourth-order valence-corrected chi connectivity index (χ4v) is 1.98. The molecule has 2 aromatic rings. The van der Waals surface area contributed by atoms with Crippen LogP contribution in [-0.4, -0.2) is 25.1 Å². The molecule has 1 atom stereocenters. The lowest BCUT2D eigenvalue weighted by molar-refractivity contribution is 0.0746. The number of aliphatic hydroxyl groups excluding tert-OH is 1. The van der Waals surface area contributed by atoms with Crippen LogP contribution in [-0.2, 0) is 0 Å². The average Bonchev–Trinajstić information content (AvgIpc) is 2.53. The third kappa shape index (κ3) is 3.07. The second-order valence-electron chi connectivity index (χ2n) is 4.51. The molecule has 1 N–H and O–H groups in total. The van der Waals surface area contributed by atoms with Crippen molar-refractivity contribution in [2.75, 3.05) is 14.2 Å². The van der Waals surface area contributed by atoms with E-state index in [9.17, 15) is 18.7 Å². The Morgan fingerprint density at radius 3 is 2.05 bits per heavy atom.